The lowest BCUT2D eigenvalue weighted by Crippen LogP contribution is -2.30. The molecule has 1 aromatic heterocycles. The van der Waals surface area contributed by atoms with Gasteiger partial charge in [0.15, 0.2) is 5.95 Å². The summed E-state index contributed by atoms with van der Waals surface area (Å²) < 4.78 is 0. The van der Waals surface area contributed by atoms with E-state index < -0.39 is 6.04 Å². The molecule has 7 N–H and O–H groups in total. The van der Waals surface area contributed by atoms with Gasteiger partial charge in [0.2, 0.25) is 0 Å². The van der Waals surface area contributed by atoms with Gasteiger partial charge in [0.25, 0.3) is 0 Å². The van der Waals surface area contributed by atoms with Gasteiger partial charge < -0.3 is 27.2 Å². The van der Waals surface area contributed by atoms with Crippen LogP contribution >= 0.6 is 11.6 Å². The summed E-state index contributed by atoms with van der Waals surface area (Å²) in [6, 6.07) is 11.3. The number of aliphatic imine (C=N–C) groups is 1. The van der Waals surface area contributed by atoms with Gasteiger partial charge in [0.1, 0.15) is 6.04 Å². The second kappa shape index (κ2) is 16.2. The average molecular weight is 550 g/mol. The summed E-state index contributed by atoms with van der Waals surface area (Å²) in [7, 11) is 0. The summed E-state index contributed by atoms with van der Waals surface area (Å²) in [6.07, 6.45) is 4.46. The molecule has 0 radical (unpaired) electrons. The number of anilines is 1. The Kier molecular flexibility index (Phi) is 13.8. The zero-order valence-electron chi connectivity index (χ0n) is 24.3. The number of rotatable bonds is 8. The number of H-pyrrole nitrogens is 1. The Labute approximate surface area is 238 Å². The zero-order valence-corrected chi connectivity index (χ0v) is 25.1. The molecule has 1 heterocycles. The van der Waals surface area contributed by atoms with Gasteiger partial charge in [0, 0.05) is 34.2 Å². The third kappa shape index (κ3) is 9.45. The average Bonchev–Trinajstić information content (AvgIpc) is 3.26. The van der Waals surface area contributed by atoms with Crippen LogP contribution in [-0.2, 0) is 0 Å². The highest BCUT2D eigenvalue weighted by molar-refractivity contribution is 6.31. The maximum atomic E-state index is 7.48. The van der Waals surface area contributed by atoms with Crippen molar-refractivity contribution in [3.05, 3.63) is 93.3 Å². The molecule has 0 aliphatic rings. The Morgan fingerprint density at radius 2 is 1.90 bits per heavy atom. The van der Waals surface area contributed by atoms with E-state index in [2.05, 4.69) is 47.4 Å². The first kappa shape index (κ1) is 33.2. The smallest absolute Gasteiger partial charge is 0.198 e. The van der Waals surface area contributed by atoms with Gasteiger partial charge >= 0.3 is 0 Å². The third-order valence-electron chi connectivity index (χ3n) is 5.78. The Morgan fingerprint density at radius 1 is 1.26 bits per heavy atom. The third-order valence-corrected chi connectivity index (χ3v) is 6.11. The van der Waals surface area contributed by atoms with Crippen molar-refractivity contribution in [1.29, 1.82) is 5.41 Å². The molecule has 3 rings (SSSR count). The number of aryl methyl sites for hydroxylation is 2. The first-order valence-corrected chi connectivity index (χ1v) is 13.3. The largest absolute Gasteiger partial charge is 0.402 e. The van der Waals surface area contributed by atoms with Crippen molar-refractivity contribution in [1.82, 2.24) is 15.3 Å². The van der Waals surface area contributed by atoms with Crippen LogP contribution in [0.4, 0.5) is 5.95 Å². The van der Waals surface area contributed by atoms with E-state index in [9.17, 15) is 0 Å². The van der Waals surface area contributed by atoms with Crippen molar-refractivity contribution in [2.45, 2.75) is 67.0 Å². The summed E-state index contributed by atoms with van der Waals surface area (Å²) in [5.74, 6) is 0.481. The standard InChI is InChI=1S/C20H27ClN4.C8H9N3.C3H8/c1-7-16(11-22)14(4)25-15(5)19(13(3)23)20(24-6)17-9-8-12(2)10-18(17)21;1-5-3-2-4-6-7(5)11-8(9)10-6;1-3-2/h7-11,14,20,22,25H,5-6,23H2,1-4H3;2-4H,1H3,(H3,9,10,11);3H2,1-2H3/b16-7+,19-13-,22-11?;;. The maximum absolute atomic E-state index is 7.48. The van der Waals surface area contributed by atoms with Gasteiger partial charge in [-0.05, 0) is 75.7 Å². The highest BCUT2D eigenvalue weighted by atomic mass is 35.5. The molecule has 0 spiro atoms. The van der Waals surface area contributed by atoms with Crippen LogP contribution in [0.15, 0.2) is 76.6 Å². The van der Waals surface area contributed by atoms with E-state index >= 15 is 0 Å². The van der Waals surface area contributed by atoms with E-state index in [0.29, 0.717) is 22.4 Å². The van der Waals surface area contributed by atoms with Crippen molar-refractivity contribution >= 4 is 41.5 Å². The molecule has 2 atom stereocenters. The monoisotopic (exact) mass is 549 g/mol. The Morgan fingerprint density at radius 3 is 2.38 bits per heavy atom. The molecule has 7 nitrogen and oxygen atoms in total. The highest BCUT2D eigenvalue weighted by Gasteiger charge is 2.23. The summed E-state index contributed by atoms with van der Waals surface area (Å²) in [5, 5.41) is 11.4. The van der Waals surface area contributed by atoms with Crippen LogP contribution in [0.1, 0.15) is 63.8 Å². The number of halogens is 1. The highest BCUT2D eigenvalue weighted by Crippen LogP contribution is 2.35. The molecule has 0 saturated carbocycles. The number of para-hydroxylation sites is 1. The van der Waals surface area contributed by atoms with Gasteiger partial charge in [0.05, 0.1) is 11.0 Å². The Hall–Kier alpha value is -3.84. The van der Waals surface area contributed by atoms with Crippen molar-refractivity contribution in [3.63, 3.8) is 0 Å². The van der Waals surface area contributed by atoms with E-state index in [0.717, 1.165) is 38.9 Å². The van der Waals surface area contributed by atoms with Crippen molar-refractivity contribution in [3.8, 4) is 0 Å². The lowest BCUT2D eigenvalue weighted by molar-refractivity contribution is 0.695. The van der Waals surface area contributed by atoms with Crippen LogP contribution in [0.2, 0.25) is 5.02 Å². The number of nitrogens with two attached hydrogens (primary N) is 2. The van der Waals surface area contributed by atoms with E-state index in [4.69, 9.17) is 28.5 Å². The first-order valence-electron chi connectivity index (χ1n) is 13.0. The number of hydrogen-bond donors (Lipinski definition) is 5. The minimum Gasteiger partial charge on any atom is -0.402 e. The minimum atomic E-state index is -0.417. The SMILES string of the molecule is C=NC(/C(C(=C)NC(C)/C(C=N)=C/C)=C(/C)N)c1ccc(C)cc1Cl.CCC.Cc1cccc2[nH]c(N)nc12. The molecular formula is C31H44ClN7. The molecule has 0 aliphatic heterocycles. The zero-order chi connectivity index (χ0) is 29.7. The number of nitrogen functional groups attached to an aromatic ring is 1. The predicted molar refractivity (Wildman–Crippen MR) is 171 cm³/mol. The van der Waals surface area contributed by atoms with E-state index in [-0.39, 0.29) is 6.04 Å². The molecular weight excluding hydrogens is 506 g/mol. The quantitative estimate of drug-likeness (QED) is 0.146. The topological polar surface area (TPSA) is 129 Å². The van der Waals surface area contributed by atoms with Gasteiger partial charge in [-0.1, -0.05) is 68.8 Å². The predicted octanol–water partition coefficient (Wildman–Crippen LogP) is 7.58. The van der Waals surface area contributed by atoms with Crippen LogP contribution < -0.4 is 16.8 Å². The summed E-state index contributed by atoms with van der Waals surface area (Å²) in [4.78, 5) is 11.4. The molecule has 0 aliphatic carbocycles. The number of aromatic nitrogens is 2. The lowest BCUT2D eigenvalue weighted by atomic mass is 9.94. The number of allylic oxidation sites excluding steroid dienone is 2. The normalized spacial score (nSPS) is 13.1. The fraction of sp³-hybridized carbons (Fsp3) is 0.323. The minimum absolute atomic E-state index is 0.0803. The van der Waals surface area contributed by atoms with E-state index in [1.54, 1.807) is 6.92 Å². The van der Waals surface area contributed by atoms with Crippen LogP contribution in [0.25, 0.3) is 11.0 Å². The van der Waals surface area contributed by atoms with Crippen molar-refractivity contribution < 1.29 is 0 Å². The number of aromatic amines is 1. The van der Waals surface area contributed by atoms with Gasteiger partial charge in [-0.2, -0.15) is 0 Å². The second-order valence-electron chi connectivity index (χ2n) is 9.28. The second-order valence-corrected chi connectivity index (χ2v) is 9.69. The van der Waals surface area contributed by atoms with E-state index in [1.165, 1.54) is 12.6 Å². The fourth-order valence-electron chi connectivity index (χ4n) is 3.89. The summed E-state index contributed by atoms with van der Waals surface area (Å²) in [5.41, 5.74) is 19.5. The molecule has 2 unspecified atom stereocenters. The molecule has 2 aromatic carbocycles. The number of nitrogens with zero attached hydrogens (tertiary/aromatic N) is 2. The number of nitrogens with one attached hydrogen (secondary N) is 3. The molecule has 39 heavy (non-hydrogen) atoms. The number of imidazole rings is 1. The summed E-state index contributed by atoms with van der Waals surface area (Å²) in [6.45, 7) is 21.8. The molecule has 3 aromatic rings. The maximum Gasteiger partial charge on any atom is 0.198 e. The molecule has 210 valence electrons. The van der Waals surface area contributed by atoms with Crippen molar-refractivity contribution in [2.24, 2.45) is 10.7 Å². The molecule has 8 heteroatoms. The van der Waals surface area contributed by atoms with Gasteiger partial charge in [-0.15, -0.1) is 0 Å². The van der Waals surface area contributed by atoms with Crippen LogP contribution in [0.3, 0.4) is 0 Å². The summed E-state index contributed by atoms with van der Waals surface area (Å²) >= 11 is 6.42. The lowest BCUT2D eigenvalue weighted by Gasteiger charge is -2.25. The van der Waals surface area contributed by atoms with Crippen LogP contribution in [-0.4, -0.2) is 28.9 Å². The van der Waals surface area contributed by atoms with Gasteiger partial charge in [-0.25, -0.2) is 4.98 Å². The Bertz CT molecular complexity index is 1330. The van der Waals surface area contributed by atoms with Crippen LogP contribution in [0, 0.1) is 19.3 Å². The molecule has 0 bridgehead atoms. The number of fused-ring (bicyclic) bond motifs is 1. The number of benzene rings is 2. The first-order chi connectivity index (χ1) is 18.4. The fourth-order valence-corrected chi connectivity index (χ4v) is 4.23. The Balaban J connectivity index is 0.000000443. The molecule has 0 fully saturated rings. The molecule has 0 saturated heterocycles. The van der Waals surface area contributed by atoms with Crippen LogP contribution in [0.5, 0.6) is 0 Å². The van der Waals surface area contributed by atoms with Gasteiger partial charge in [-0.3, -0.25) is 4.99 Å². The molecule has 0 amide bonds. The van der Waals surface area contributed by atoms with Crippen molar-refractivity contribution in [2.75, 3.05) is 5.73 Å². The number of hydrogen-bond acceptors (Lipinski definition) is 6. The van der Waals surface area contributed by atoms with E-state index in [1.807, 2.05) is 70.2 Å².